The molecule has 0 heterocycles. The molecule has 178 valence electrons. The lowest BCUT2D eigenvalue weighted by atomic mass is 10.1. The number of rotatable bonds is 10. The number of carbonyl (C=O) groups is 1. The molecule has 0 amide bonds. The molecule has 0 fully saturated rings. The van der Waals surface area contributed by atoms with Gasteiger partial charge in [-0.25, -0.2) is 9.79 Å². The Morgan fingerprint density at radius 1 is 1.18 bits per heavy atom. The summed E-state index contributed by atoms with van der Waals surface area (Å²) in [6.45, 7) is 3.79. The fourth-order valence-electron chi connectivity index (χ4n) is 2.96. The first-order valence-electron chi connectivity index (χ1n) is 10.0. The van der Waals surface area contributed by atoms with Gasteiger partial charge in [-0.15, -0.1) is 0 Å². The minimum absolute atomic E-state index is 0.103. The fourth-order valence-corrected chi connectivity index (χ4v) is 4.94. The number of nitrogens with one attached hydrogen (secondary N) is 2. The first-order valence-corrected chi connectivity index (χ1v) is 12.1. The second-order valence-electron chi connectivity index (χ2n) is 7.52. The zero-order chi connectivity index (χ0) is 24.6. The summed E-state index contributed by atoms with van der Waals surface area (Å²) in [6, 6.07) is 15.3. The molecule has 12 heteroatoms. The van der Waals surface area contributed by atoms with Gasteiger partial charge in [-0.3, -0.25) is 9.09 Å². The first-order chi connectivity index (χ1) is 15.5. The van der Waals surface area contributed by atoms with Gasteiger partial charge in [-0.2, -0.15) is 0 Å². The molecule has 33 heavy (non-hydrogen) atoms. The van der Waals surface area contributed by atoms with Crippen molar-refractivity contribution in [2.75, 3.05) is 0 Å². The van der Waals surface area contributed by atoms with Crippen LogP contribution in [0.4, 0.5) is 5.69 Å². The Balaban J connectivity index is 2.18. The molecule has 0 radical (unpaired) electrons. The summed E-state index contributed by atoms with van der Waals surface area (Å²) < 4.78 is 18.5. The van der Waals surface area contributed by atoms with Crippen LogP contribution in [0.5, 0.6) is 0 Å². The van der Waals surface area contributed by atoms with Crippen LogP contribution in [0.15, 0.2) is 59.6 Å². The Hall–Kier alpha value is -2.98. The van der Waals surface area contributed by atoms with E-state index in [0.717, 1.165) is 5.56 Å². The van der Waals surface area contributed by atoms with E-state index < -0.39 is 31.4 Å². The summed E-state index contributed by atoms with van der Waals surface area (Å²) in [5.74, 6) is -3.23. The van der Waals surface area contributed by atoms with Crippen molar-refractivity contribution in [1.29, 1.82) is 0 Å². The highest BCUT2D eigenvalue weighted by Gasteiger charge is 2.40. The van der Waals surface area contributed by atoms with Crippen LogP contribution in [0.25, 0.3) is 0 Å². The third-order valence-corrected chi connectivity index (χ3v) is 6.67. The summed E-state index contributed by atoms with van der Waals surface area (Å²) in [5.41, 5.74) is 12.1. The number of thiocarbonyl (C=S) groups is 1. The number of nitrogens with zero attached hydrogens (tertiary/aromatic N) is 1. The molecule has 0 saturated heterocycles. The largest absolute Gasteiger partial charge is 0.479 e. The van der Waals surface area contributed by atoms with Crippen LogP contribution < -0.4 is 22.1 Å². The molecule has 0 aliphatic heterocycles. The molecule has 2 rings (SSSR count). The van der Waals surface area contributed by atoms with Gasteiger partial charge in [-0.05, 0) is 41.4 Å². The molecule has 0 aromatic heterocycles. The van der Waals surface area contributed by atoms with Gasteiger partial charge in [0.1, 0.15) is 5.78 Å². The molecule has 0 saturated carbocycles. The number of hydrogen-bond acceptors (Lipinski definition) is 5. The summed E-state index contributed by atoms with van der Waals surface area (Å²) in [4.78, 5) is 26.5. The van der Waals surface area contributed by atoms with E-state index in [0.29, 0.717) is 6.54 Å². The lowest BCUT2D eigenvalue weighted by Crippen LogP contribution is -2.44. The highest BCUT2D eigenvalue weighted by molar-refractivity contribution is 7.80. The number of aliphatic imine (C=N–C) groups is 1. The second kappa shape index (κ2) is 11.8. The zero-order valence-corrected chi connectivity index (χ0v) is 19.9. The molecule has 10 nitrogen and oxygen atoms in total. The van der Waals surface area contributed by atoms with E-state index >= 15 is 0 Å². The van der Waals surface area contributed by atoms with Gasteiger partial charge in [0.05, 0.1) is 5.69 Å². The Labute approximate surface area is 197 Å². The van der Waals surface area contributed by atoms with Crippen LogP contribution in [0, 0.1) is 5.92 Å². The van der Waals surface area contributed by atoms with E-state index in [1.54, 1.807) is 19.9 Å². The van der Waals surface area contributed by atoms with Crippen LogP contribution in [0.1, 0.15) is 31.1 Å². The van der Waals surface area contributed by atoms with Crippen LogP contribution in [-0.4, -0.2) is 32.8 Å². The minimum atomic E-state index is -4.53. The number of carboxylic acids is 1. The summed E-state index contributed by atoms with van der Waals surface area (Å²) in [7, 11) is -4.53. The van der Waals surface area contributed by atoms with Crippen molar-refractivity contribution in [1.82, 2.24) is 10.6 Å². The predicted octanol–water partition coefficient (Wildman–Crippen LogP) is 2.57. The van der Waals surface area contributed by atoms with E-state index in [2.05, 4.69) is 15.6 Å². The van der Waals surface area contributed by atoms with Crippen LogP contribution >= 0.6 is 19.8 Å². The Morgan fingerprint density at radius 3 is 2.42 bits per heavy atom. The molecule has 3 atom stereocenters. The van der Waals surface area contributed by atoms with Gasteiger partial charge in [0.2, 0.25) is 0 Å². The minimum Gasteiger partial charge on any atom is -0.479 e. The monoisotopic (exact) mass is 493 g/mol. The van der Waals surface area contributed by atoms with Crippen molar-refractivity contribution in [3.63, 3.8) is 0 Å². The number of benzene rings is 2. The van der Waals surface area contributed by atoms with Crippen LogP contribution in [-0.2, 0) is 20.4 Å². The summed E-state index contributed by atoms with van der Waals surface area (Å²) in [5, 5.41) is 15.6. The number of carboxylic acid groups (broad SMARTS) is 1. The highest BCUT2D eigenvalue weighted by atomic mass is 32.1. The number of nitrogens with two attached hydrogens (primary N) is 2. The van der Waals surface area contributed by atoms with E-state index in [9.17, 15) is 19.4 Å². The molecule has 0 bridgehead atoms. The summed E-state index contributed by atoms with van der Waals surface area (Å²) >= 11 is 5.27. The van der Waals surface area contributed by atoms with Crippen molar-refractivity contribution in [2.45, 2.75) is 32.3 Å². The molecule has 0 aliphatic carbocycles. The zero-order valence-electron chi connectivity index (χ0n) is 18.2. The molecular weight excluding hydrogens is 465 g/mol. The smallest absolute Gasteiger partial charge is 0.351 e. The van der Waals surface area contributed by atoms with E-state index in [1.807, 2.05) is 30.3 Å². The normalized spacial score (nSPS) is 14.5. The van der Waals surface area contributed by atoms with Crippen molar-refractivity contribution in [3.8, 4) is 0 Å². The maximum absolute atomic E-state index is 13.2. The first kappa shape index (κ1) is 26.3. The van der Waals surface area contributed by atoms with E-state index in [1.165, 1.54) is 18.2 Å². The molecule has 0 spiro atoms. The molecular formula is C21H28N5O5PS. The van der Waals surface area contributed by atoms with Gasteiger partial charge in [0.15, 0.2) is 17.2 Å². The van der Waals surface area contributed by atoms with Gasteiger partial charge >= 0.3 is 13.6 Å². The van der Waals surface area contributed by atoms with Crippen LogP contribution in [0.3, 0.4) is 0 Å². The average molecular weight is 494 g/mol. The standard InChI is InChI=1S/C21H28N5O5PS/c1-13(2)18(26-21(33)24-12-14-7-4-3-5-8-14)32(29,30)31-17(19(27)28)15-9-6-10-16(11-15)25-20(22)23/h3-11,13,17-18H,12H2,1-2H3,(H,27,28)(H,29,30)(H4,22,23,25)(H2,24,26,33). The number of hydrogen-bond donors (Lipinski definition) is 6. The molecule has 8 N–H and O–H groups in total. The lowest BCUT2D eigenvalue weighted by Gasteiger charge is -2.29. The molecule has 3 unspecified atom stereocenters. The van der Waals surface area contributed by atoms with Crippen molar-refractivity contribution >= 4 is 42.5 Å². The maximum atomic E-state index is 13.2. The lowest BCUT2D eigenvalue weighted by molar-refractivity contribution is -0.145. The number of aliphatic carboxylic acids is 1. The third-order valence-electron chi connectivity index (χ3n) is 4.47. The maximum Gasteiger partial charge on any atom is 0.351 e. The molecule has 0 aliphatic rings. The van der Waals surface area contributed by atoms with Crippen LogP contribution in [0.2, 0.25) is 0 Å². The highest BCUT2D eigenvalue weighted by Crippen LogP contribution is 2.53. The van der Waals surface area contributed by atoms with Gasteiger partial charge < -0.3 is 32.1 Å². The van der Waals surface area contributed by atoms with E-state index in [4.69, 9.17) is 28.2 Å². The van der Waals surface area contributed by atoms with Crippen molar-refractivity contribution < 1.29 is 23.9 Å². The SMILES string of the molecule is CC(C)C(NC(=S)NCc1ccccc1)P(=O)(O)OC(C(=O)O)c1cccc(N=C(N)N)c1. The quantitative estimate of drug-likeness (QED) is 0.125. The predicted molar refractivity (Wildman–Crippen MR) is 131 cm³/mol. The summed E-state index contributed by atoms with van der Waals surface area (Å²) in [6.07, 6.45) is -1.73. The Bertz CT molecular complexity index is 1050. The topological polar surface area (TPSA) is 172 Å². The molecule has 2 aromatic rings. The second-order valence-corrected chi connectivity index (χ2v) is 9.82. The third kappa shape index (κ3) is 8.14. The van der Waals surface area contributed by atoms with Gasteiger partial charge in [0, 0.05) is 6.54 Å². The van der Waals surface area contributed by atoms with Crippen molar-refractivity contribution in [2.24, 2.45) is 22.4 Å². The average Bonchev–Trinajstić information content (AvgIpc) is 2.74. The number of guanidine groups is 1. The Morgan fingerprint density at radius 2 is 1.85 bits per heavy atom. The van der Waals surface area contributed by atoms with Crippen molar-refractivity contribution in [3.05, 3.63) is 65.7 Å². The fraction of sp³-hybridized carbons (Fsp3) is 0.286. The van der Waals surface area contributed by atoms with Gasteiger partial charge in [-0.1, -0.05) is 56.3 Å². The van der Waals surface area contributed by atoms with Gasteiger partial charge in [0.25, 0.3) is 0 Å². The molecule has 2 aromatic carbocycles. The Kier molecular flexibility index (Phi) is 9.36. The van der Waals surface area contributed by atoms with E-state index in [-0.39, 0.29) is 22.3 Å².